The van der Waals surface area contributed by atoms with Crippen LogP contribution in [0, 0.1) is 0 Å². The zero-order chi connectivity index (χ0) is 13.2. The number of aromatic nitrogens is 1. The van der Waals surface area contributed by atoms with Crippen molar-refractivity contribution in [3.63, 3.8) is 0 Å². The van der Waals surface area contributed by atoms with E-state index in [-0.39, 0.29) is 0 Å². The highest BCUT2D eigenvalue weighted by Gasteiger charge is 2.06. The van der Waals surface area contributed by atoms with Gasteiger partial charge in [0.15, 0.2) is 0 Å². The van der Waals surface area contributed by atoms with Crippen molar-refractivity contribution in [2.24, 2.45) is 0 Å². The first-order chi connectivity index (χ1) is 9.31. The van der Waals surface area contributed by atoms with Gasteiger partial charge in [-0.3, -0.25) is 0 Å². The molecule has 3 heteroatoms. The van der Waals surface area contributed by atoms with Gasteiger partial charge in [-0.25, -0.2) is 0 Å². The molecule has 0 bridgehead atoms. The SMILES string of the molecule is O=CCc1ccc2[nH]c3ccc(CC=O)cc3c2c1. The van der Waals surface area contributed by atoms with Gasteiger partial charge in [0.25, 0.3) is 0 Å². The topological polar surface area (TPSA) is 49.9 Å². The summed E-state index contributed by atoms with van der Waals surface area (Å²) in [6.45, 7) is 0. The predicted octanol–water partition coefficient (Wildman–Crippen LogP) is 2.80. The standard InChI is InChI=1S/C16H13NO2/c18-7-5-11-1-3-15-13(9-11)14-10-12(6-8-19)2-4-16(14)17-15/h1-4,7-10,17H,5-6H2. The fraction of sp³-hybridized carbons (Fsp3) is 0.125. The average molecular weight is 251 g/mol. The van der Waals surface area contributed by atoms with Crippen LogP contribution in [0.5, 0.6) is 0 Å². The van der Waals surface area contributed by atoms with Crippen LogP contribution in [0.15, 0.2) is 36.4 Å². The number of carbonyl (C=O) groups is 2. The molecule has 0 saturated heterocycles. The van der Waals surface area contributed by atoms with Gasteiger partial charge in [0.2, 0.25) is 0 Å². The summed E-state index contributed by atoms with van der Waals surface area (Å²) in [7, 11) is 0. The van der Waals surface area contributed by atoms with Crippen molar-refractivity contribution in [1.82, 2.24) is 4.98 Å². The number of carbonyl (C=O) groups excluding carboxylic acids is 2. The van der Waals surface area contributed by atoms with Crippen LogP contribution in [0.4, 0.5) is 0 Å². The second-order valence-electron chi connectivity index (χ2n) is 4.63. The average Bonchev–Trinajstić information content (AvgIpc) is 2.77. The number of aromatic amines is 1. The maximum Gasteiger partial charge on any atom is 0.124 e. The van der Waals surface area contributed by atoms with Crippen LogP contribution in [0.2, 0.25) is 0 Å². The number of hydrogen-bond donors (Lipinski definition) is 1. The van der Waals surface area contributed by atoms with Crippen LogP contribution >= 0.6 is 0 Å². The number of H-pyrrole nitrogens is 1. The minimum absolute atomic E-state index is 0.427. The van der Waals surface area contributed by atoms with E-state index in [0.717, 1.165) is 45.5 Å². The van der Waals surface area contributed by atoms with Gasteiger partial charge >= 0.3 is 0 Å². The Hall–Kier alpha value is -2.42. The molecule has 0 atom stereocenters. The van der Waals surface area contributed by atoms with Crippen molar-refractivity contribution in [1.29, 1.82) is 0 Å². The van der Waals surface area contributed by atoms with Crippen molar-refractivity contribution in [2.75, 3.05) is 0 Å². The van der Waals surface area contributed by atoms with Gasteiger partial charge in [-0.2, -0.15) is 0 Å². The monoisotopic (exact) mass is 251 g/mol. The lowest BCUT2D eigenvalue weighted by molar-refractivity contribution is -0.108. The number of aldehydes is 2. The highest BCUT2D eigenvalue weighted by molar-refractivity contribution is 6.07. The molecule has 0 spiro atoms. The summed E-state index contributed by atoms with van der Waals surface area (Å²) in [6, 6.07) is 12.0. The minimum atomic E-state index is 0.427. The van der Waals surface area contributed by atoms with Crippen LogP contribution in [0.25, 0.3) is 21.8 Å². The Bertz CT molecular complexity index is 707. The third kappa shape index (κ3) is 2.03. The lowest BCUT2D eigenvalue weighted by Gasteiger charge is -1.98. The molecule has 0 radical (unpaired) electrons. The van der Waals surface area contributed by atoms with E-state index in [1.807, 2.05) is 36.4 Å². The summed E-state index contributed by atoms with van der Waals surface area (Å²) in [5.74, 6) is 0. The van der Waals surface area contributed by atoms with Crippen LogP contribution in [-0.4, -0.2) is 17.6 Å². The minimum Gasteiger partial charge on any atom is -0.355 e. The quantitative estimate of drug-likeness (QED) is 0.725. The molecule has 3 aromatic rings. The Morgan fingerprint density at radius 2 is 1.26 bits per heavy atom. The summed E-state index contributed by atoms with van der Waals surface area (Å²) >= 11 is 0. The molecule has 0 aliphatic carbocycles. The number of rotatable bonds is 4. The summed E-state index contributed by atoms with van der Waals surface area (Å²) in [5, 5.41) is 2.20. The normalized spacial score (nSPS) is 10.9. The van der Waals surface area contributed by atoms with E-state index in [2.05, 4.69) is 4.98 Å². The maximum absolute atomic E-state index is 10.6. The lowest BCUT2D eigenvalue weighted by atomic mass is 10.1. The van der Waals surface area contributed by atoms with E-state index in [4.69, 9.17) is 0 Å². The molecule has 0 fully saturated rings. The molecule has 3 nitrogen and oxygen atoms in total. The highest BCUT2D eigenvalue weighted by atomic mass is 16.1. The molecule has 0 saturated carbocycles. The van der Waals surface area contributed by atoms with E-state index in [1.54, 1.807) is 0 Å². The van der Waals surface area contributed by atoms with Crippen molar-refractivity contribution >= 4 is 34.4 Å². The van der Waals surface area contributed by atoms with Gasteiger partial charge in [0, 0.05) is 34.6 Å². The Kier molecular flexibility index (Phi) is 2.88. The van der Waals surface area contributed by atoms with Crippen molar-refractivity contribution in [2.45, 2.75) is 12.8 Å². The van der Waals surface area contributed by atoms with Crippen LogP contribution in [0.3, 0.4) is 0 Å². The first kappa shape index (κ1) is 11.7. The molecule has 19 heavy (non-hydrogen) atoms. The molecule has 1 aromatic heterocycles. The molecule has 1 N–H and O–H groups in total. The van der Waals surface area contributed by atoms with Crippen LogP contribution in [-0.2, 0) is 22.4 Å². The Balaban J connectivity index is 2.24. The summed E-state index contributed by atoms with van der Waals surface area (Å²) in [4.78, 5) is 24.5. The second kappa shape index (κ2) is 4.69. The number of benzene rings is 2. The molecule has 0 aliphatic rings. The van der Waals surface area contributed by atoms with Gasteiger partial charge in [0.1, 0.15) is 12.6 Å². The molecule has 1 heterocycles. The van der Waals surface area contributed by atoms with Gasteiger partial charge in [-0.05, 0) is 35.4 Å². The summed E-state index contributed by atoms with van der Waals surface area (Å²) in [5.41, 5.74) is 4.11. The first-order valence-electron chi connectivity index (χ1n) is 6.22. The third-order valence-electron chi connectivity index (χ3n) is 3.37. The van der Waals surface area contributed by atoms with Crippen LogP contribution in [0.1, 0.15) is 11.1 Å². The zero-order valence-corrected chi connectivity index (χ0v) is 10.3. The van der Waals surface area contributed by atoms with Crippen molar-refractivity contribution in [3.8, 4) is 0 Å². The number of hydrogen-bond acceptors (Lipinski definition) is 2. The highest BCUT2D eigenvalue weighted by Crippen LogP contribution is 2.27. The Morgan fingerprint density at radius 3 is 1.68 bits per heavy atom. The van der Waals surface area contributed by atoms with E-state index >= 15 is 0 Å². The van der Waals surface area contributed by atoms with Crippen LogP contribution < -0.4 is 0 Å². The van der Waals surface area contributed by atoms with Gasteiger partial charge < -0.3 is 14.6 Å². The van der Waals surface area contributed by atoms with E-state index in [9.17, 15) is 9.59 Å². The summed E-state index contributed by atoms with van der Waals surface area (Å²) in [6.07, 6.45) is 2.68. The lowest BCUT2D eigenvalue weighted by Crippen LogP contribution is -1.85. The van der Waals surface area contributed by atoms with Crippen molar-refractivity contribution < 1.29 is 9.59 Å². The Labute approximate surface area is 110 Å². The molecular weight excluding hydrogens is 238 g/mol. The molecular formula is C16H13NO2. The number of nitrogens with one attached hydrogen (secondary N) is 1. The summed E-state index contributed by atoms with van der Waals surface area (Å²) < 4.78 is 0. The Morgan fingerprint density at radius 1 is 0.789 bits per heavy atom. The van der Waals surface area contributed by atoms with Crippen molar-refractivity contribution in [3.05, 3.63) is 47.5 Å². The molecule has 0 amide bonds. The van der Waals surface area contributed by atoms with E-state index < -0.39 is 0 Å². The molecule has 94 valence electrons. The first-order valence-corrected chi connectivity index (χ1v) is 6.22. The fourth-order valence-corrected chi connectivity index (χ4v) is 2.44. The molecule has 3 rings (SSSR count). The number of fused-ring (bicyclic) bond motifs is 3. The largest absolute Gasteiger partial charge is 0.355 e. The molecule has 0 aliphatic heterocycles. The van der Waals surface area contributed by atoms with Gasteiger partial charge in [0.05, 0.1) is 0 Å². The molecule has 0 unspecified atom stereocenters. The maximum atomic E-state index is 10.6. The fourth-order valence-electron chi connectivity index (χ4n) is 2.44. The van der Waals surface area contributed by atoms with E-state index in [0.29, 0.717) is 12.8 Å². The van der Waals surface area contributed by atoms with Gasteiger partial charge in [-0.15, -0.1) is 0 Å². The second-order valence-corrected chi connectivity index (χ2v) is 4.63. The van der Waals surface area contributed by atoms with Gasteiger partial charge in [-0.1, -0.05) is 12.1 Å². The van der Waals surface area contributed by atoms with E-state index in [1.165, 1.54) is 0 Å². The molecule has 2 aromatic carbocycles. The predicted molar refractivity (Wildman–Crippen MR) is 75.3 cm³/mol. The zero-order valence-electron chi connectivity index (χ0n) is 10.3. The smallest absolute Gasteiger partial charge is 0.124 e. The third-order valence-corrected chi connectivity index (χ3v) is 3.37.